The lowest BCUT2D eigenvalue weighted by Crippen LogP contribution is -2.33. The number of nitrogens with two attached hydrogens (primary N) is 1. The van der Waals surface area contributed by atoms with Crippen molar-refractivity contribution < 1.29 is 4.79 Å². The quantitative estimate of drug-likeness (QED) is 0.649. The van der Waals surface area contributed by atoms with Crippen LogP contribution in [-0.2, 0) is 0 Å². The number of imidazole rings is 1. The Morgan fingerprint density at radius 3 is 2.79 bits per heavy atom. The van der Waals surface area contributed by atoms with Crippen LogP contribution in [0.2, 0.25) is 0 Å². The van der Waals surface area contributed by atoms with E-state index >= 15 is 0 Å². The molecule has 2 aromatic carbocycles. The predicted molar refractivity (Wildman–Crippen MR) is 93.7 cm³/mol. The number of aromatic nitrogens is 2. The summed E-state index contributed by atoms with van der Waals surface area (Å²) in [5.41, 5.74) is 10.5. The number of hydrogen-bond acceptors (Lipinski definition) is 3. The number of benzene rings is 2. The third-order valence-corrected chi connectivity index (χ3v) is 4.22. The number of nitrogens with zero attached hydrogens (tertiary/aromatic N) is 2. The van der Waals surface area contributed by atoms with E-state index in [4.69, 9.17) is 5.73 Å². The molecule has 1 atom stereocenters. The van der Waals surface area contributed by atoms with Crippen LogP contribution in [0.5, 0.6) is 0 Å². The molecule has 24 heavy (non-hydrogen) atoms. The molecule has 1 aliphatic rings. The van der Waals surface area contributed by atoms with Gasteiger partial charge in [-0.05, 0) is 29.8 Å². The Labute approximate surface area is 139 Å². The second kappa shape index (κ2) is 5.73. The molecule has 1 aromatic heterocycles. The van der Waals surface area contributed by atoms with Gasteiger partial charge in [0.2, 0.25) is 0 Å². The van der Waals surface area contributed by atoms with Crippen molar-refractivity contribution in [1.82, 2.24) is 14.9 Å². The summed E-state index contributed by atoms with van der Waals surface area (Å²) in [6.07, 6.45) is 3.66. The molecule has 1 aliphatic heterocycles. The van der Waals surface area contributed by atoms with E-state index in [1.54, 1.807) is 30.6 Å². The number of hydrogen-bond donors (Lipinski definition) is 3. The van der Waals surface area contributed by atoms with E-state index in [9.17, 15) is 4.79 Å². The van der Waals surface area contributed by atoms with Gasteiger partial charge in [-0.25, -0.2) is 9.78 Å². The fourth-order valence-electron chi connectivity index (χ4n) is 3.07. The molecule has 0 bridgehead atoms. The van der Waals surface area contributed by atoms with Crippen molar-refractivity contribution in [2.75, 3.05) is 17.6 Å². The number of anilines is 2. The molecule has 0 saturated heterocycles. The largest absolute Gasteiger partial charge is 0.399 e. The number of urea groups is 1. The molecule has 0 aliphatic carbocycles. The van der Waals surface area contributed by atoms with Crippen molar-refractivity contribution in [2.45, 2.75) is 6.04 Å². The topological polar surface area (TPSA) is 85.0 Å². The Morgan fingerprint density at radius 2 is 1.96 bits per heavy atom. The highest BCUT2D eigenvalue weighted by molar-refractivity contribution is 5.89. The highest BCUT2D eigenvalue weighted by Crippen LogP contribution is 2.38. The van der Waals surface area contributed by atoms with E-state index in [0.717, 1.165) is 5.69 Å². The normalized spacial score (nSPS) is 14.8. The lowest BCUT2D eigenvalue weighted by Gasteiger charge is -2.16. The molecule has 120 valence electrons. The second-order valence-corrected chi connectivity index (χ2v) is 5.75. The van der Waals surface area contributed by atoms with Gasteiger partial charge in [0.15, 0.2) is 0 Å². The third kappa shape index (κ3) is 2.48. The molecule has 0 saturated carbocycles. The highest BCUT2D eigenvalue weighted by atomic mass is 16.2. The minimum atomic E-state index is -0.245. The van der Waals surface area contributed by atoms with Crippen molar-refractivity contribution in [3.8, 4) is 11.3 Å². The zero-order chi connectivity index (χ0) is 16.5. The van der Waals surface area contributed by atoms with Crippen molar-refractivity contribution >= 4 is 17.4 Å². The van der Waals surface area contributed by atoms with Crippen LogP contribution in [0.4, 0.5) is 16.2 Å². The SMILES string of the molecule is Nc1ccc(NC(=O)NCC2c3ccccc3-c3cncn32)cc1. The van der Waals surface area contributed by atoms with Crippen LogP contribution in [0, 0.1) is 0 Å². The summed E-state index contributed by atoms with van der Waals surface area (Å²) < 4.78 is 2.09. The first-order valence-corrected chi connectivity index (χ1v) is 7.74. The van der Waals surface area contributed by atoms with Gasteiger partial charge in [-0.15, -0.1) is 0 Å². The van der Waals surface area contributed by atoms with Gasteiger partial charge < -0.3 is 20.9 Å². The van der Waals surface area contributed by atoms with E-state index in [-0.39, 0.29) is 12.1 Å². The van der Waals surface area contributed by atoms with Gasteiger partial charge in [-0.2, -0.15) is 0 Å². The van der Waals surface area contributed by atoms with Crippen LogP contribution in [0.3, 0.4) is 0 Å². The number of amides is 2. The molecule has 2 amide bonds. The van der Waals surface area contributed by atoms with E-state index in [2.05, 4.69) is 32.3 Å². The smallest absolute Gasteiger partial charge is 0.319 e. The Kier molecular flexibility index (Phi) is 3.42. The first-order valence-electron chi connectivity index (χ1n) is 7.74. The average molecular weight is 319 g/mol. The van der Waals surface area contributed by atoms with Gasteiger partial charge in [0.25, 0.3) is 0 Å². The van der Waals surface area contributed by atoms with Gasteiger partial charge in [0.1, 0.15) is 0 Å². The number of rotatable bonds is 3. The van der Waals surface area contributed by atoms with Crippen molar-refractivity contribution in [3.05, 3.63) is 66.6 Å². The minimum absolute atomic E-state index is 0.0517. The summed E-state index contributed by atoms with van der Waals surface area (Å²) in [6, 6.07) is 15.0. The monoisotopic (exact) mass is 319 g/mol. The summed E-state index contributed by atoms with van der Waals surface area (Å²) >= 11 is 0. The molecule has 6 heteroatoms. The fourth-order valence-corrected chi connectivity index (χ4v) is 3.07. The van der Waals surface area contributed by atoms with Crippen LogP contribution in [0.15, 0.2) is 61.1 Å². The van der Waals surface area contributed by atoms with Gasteiger partial charge in [-0.3, -0.25) is 0 Å². The molecular weight excluding hydrogens is 302 g/mol. The standard InChI is InChI=1S/C18H17N5O/c19-12-5-7-13(8-6-12)22-18(24)21-10-17-15-4-2-1-3-14(15)16-9-20-11-23(16)17/h1-9,11,17H,10,19H2,(H2,21,22,24). The highest BCUT2D eigenvalue weighted by Gasteiger charge is 2.28. The number of fused-ring (bicyclic) bond motifs is 3. The third-order valence-electron chi connectivity index (χ3n) is 4.22. The molecule has 4 N–H and O–H groups in total. The maximum Gasteiger partial charge on any atom is 0.319 e. The lowest BCUT2D eigenvalue weighted by molar-refractivity contribution is 0.251. The molecule has 6 nitrogen and oxygen atoms in total. The summed E-state index contributed by atoms with van der Waals surface area (Å²) in [7, 11) is 0. The molecule has 3 aromatic rings. The molecule has 1 unspecified atom stereocenters. The maximum atomic E-state index is 12.1. The maximum absolute atomic E-state index is 12.1. The zero-order valence-corrected chi connectivity index (χ0v) is 12.9. The van der Waals surface area contributed by atoms with Crippen molar-refractivity contribution in [1.29, 1.82) is 0 Å². The Hall–Kier alpha value is -3.28. The van der Waals surface area contributed by atoms with E-state index in [0.29, 0.717) is 17.9 Å². The van der Waals surface area contributed by atoms with Crippen LogP contribution in [0.1, 0.15) is 11.6 Å². The van der Waals surface area contributed by atoms with Gasteiger partial charge >= 0.3 is 6.03 Å². The summed E-state index contributed by atoms with van der Waals surface area (Å²) in [6.45, 7) is 0.487. The number of nitrogens with one attached hydrogen (secondary N) is 2. The Bertz CT molecular complexity index is 884. The minimum Gasteiger partial charge on any atom is -0.399 e. The zero-order valence-electron chi connectivity index (χ0n) is 12.9. The van der Waals surface area contributed by atoms with Crippen LogP contribution < -0.4 is 16.4 Å². The van der Waals surface area contributed by atoms with Crippen LogP contribution in [-0.4, -0.2) is 22.1 Å². The van der Waals surface area contributed by atoms with E-state index < -0.39 is 0 Å². The predicted octanol–water partition coefficient (Wildman–Crippen LogP) is 2.86. The summed E-state index contributed by atoms with van der Waals surface area (Å²) in [5, 5.41) is 5.73. The Morgan fingerprint density at radius 1 is 1.17 bits per heavy atom. The number of carbonyl (C=O) groups is 1. The summed E-state index contributed by atoms with van der Waals surface area (Å²) in [5.74, 6) is 0. The first kappa shape index (κ1) is 14.3. The average Bonchev–Trinajstić information content (AvgIpc) is 3.16. The lowest BCUT2D eigenvalue weighted by atomic mass is 10.0. The first-order chi connectivity index (χ1) is 11.7. The van der Waals surface area contributed by atoms with E-state index in [1.165, 1.54) is 11.1 Å². The summed E-state index contributed by atoms with van der Waals surface area (Å²) in [4.78, 5) is 16.4. The van der Waals surface area contributed by atoms with Crippen molar-refractivity contribution in [2.24, 2.45) is 0 Å². The Balaban J connectivity index is 1.46. The molecule has 0 spiro atoms. The van der Waals surface area contributed by atoms with Gasteiger partial charge in [0.05, 0.1) is 24.3 Å². The van der Waals surface area contributed by atoms with Crippen molar-refractivity contribution in [3.63, 3.8) is 0 Å². The fraction of sp³-hybridized carbons (Fsp3) is 0.111. The molecular formula is C18H17N5O. The molecule has 2 heterocycles. The molecule has 0 fully saturated rings. The van der Waals surface area contributed by atoms with Crippen LogP contribution in [0.25, 0.3) is 11.3 Å². The molecule has 4 rings (SSSR count). The molecule has 0 radical (unpaired) electrons. The van der Waals surface area contributed by atoms with Crippen LogP contribution >= 0.6 is 0 Å². The van der Waals surface area contributed by atoms with E-state index in [1.807, 2.05) is 18.3 Å². The second-order valence-electron chi connectivity index (χ2n) is 5.75. The van der Waals surface area contributed by atoms with Gasteiger partial charge in [-0.1, -0.05) is 24.3 Å². The number of carbonyl (C=O) groups excluding carboxylic acids is 1. The van der Waals surface area contributed by atoms with Gasteiger partial charge in [0, 0.05) is 23.5 Å². The number of nitrogen functional groups attached to an aromatic ring is 1.